The van der Waals surface area contributed by atoms with E-state index >= 15 is 0 Å². The van der Waals surface area contributed by atoms with Gasteiger partial charge in [0.2, 0.25) is 0 Å². The largest absolute Gasteiger partial charge is 0.310 e. The van der Waals surface area contributed by atoms with E-state index in [9.17, 15) is 0 Å². The van der Waals surface area contributed by atoms with E-state index in [2.05, 4.69) is 29.5 Å². The number of rotatable bonds is 6. The zero-order chi connectivity index (χ0) is 12.1. The number of nitrogens with one attached hydrogen (secondary N) is 2. The Hall–Kier alpha value is -0.450. The van der Waals surface area contributed by atoms with E-state index in [0.29, 0.717) is 5.54 Å². The second-order valence-electron chi connectivity index (χ2n) is 5.03. The van der Waals surface area contributed by atoms with E-state index in [-0.39, 0.29) is 0 Å². The minimum Gasteiger partial charge on any atom is -0.310 e. The lowest BCUT2D eigenvalue weighted by Gasteiger charge is -2.29. The summed E-state index contributed by atoms with van der Waals surface area (Å²) in [6, 6.07) is 0. The van der Waals surface area contributed by atoms with Crippen LogP contribution in [0.1, 0.15) is 43.2 Å². The predicted octanol–water partition coefficient (Wildman–Crippen LogP) is 2.46. The molecule has 0 saturated carbocycles. The molecule has 0 amide bonds. The summed E-state index contributed by atoms with van der Waals surface area (Å²) >= 11 is 1.75. The minimum absolute atomic E-state index is 0.355. The molecule has 0 spiro atoms. The van der Waals surface area contributed by atoms with Gasteiger partial charge in [-0.1, -0.05) is 13.3 Å². The fourth-order valence-electron chi connectivity index (χ4n) is 2.71. The van der Waals surface area contributed by atoms with Crippen LogP contribution in [0.5, 0.6) is 0 Å². The van der Waals surface area contributed by atoms with Gasteiger partial charge < -0.3 is 10.6 Å². The van der Waals surface area contributed by atoms with Crippen LogP contribution < -0.4 is 10.6 Å². The number of aryl methyl sites for hydroxylation is 1. The second kappa shape index (κ2) is 5.94. The first kappa shape index (κ1) is 13.0. The maximum atomic E-state index is 4.28. The monoisotopic (exact) mass is 253 g/mol. The summed E-state index contributed by atoms with van der Waals surface area (Å²) < 4.78 is 0. The Bertz CT molecular complexity index is 342. The van der Waals surface area contributed by atoms with Crippen LogP contribution in [-0.2, 0) is 6.54 Å². The highest BCUT2D eigenvalue weighted by atomic mass is 32.1. The van der Waals surface area contributed by atoms with Crippen molar-refractivity contribution >= 4 is 11.3 Å². The molecule has 2 heterocycles. The normalized spacial score (nSPS) is 24.4. The van der Waals surface area contributed by atoms with Gasteiger partial charge in [-0.05, 0) is 32.7 Å². The molecule has 17 heavy (non-hydrogen) atoms. The van der Waals surface area contributed by atoms with Gasteiger partial charge >= 0.3 is 0 Å². The Morgan fingerprint density at radius 1 is 1.59 bits per heavy atom. The first-order valence-electron chi connectivity index (χ1n) is 6.60. The Morgan fingerprint density at radius 3 is 3.06 bits per heavy atom. The van der Waals surface area contributed by atoms with Gasteiger partial charge in [0.25, 0.3) is 0 Å². The van der Waals surface area contributed by atoms with Crippen LogP contribution in [0, 0.1) is 6.92 Å². The Labute approximate surface area is 108 Å². The average Bonchev–Trinajstić information content (AvgIpc) is 2.91. The fourth-order valence-corrected chi connectivity index (χ4v) is 3.46. The van der Waals surface area contributed by atoms with Crippen molar-refractivity contribution in [1.29, 1.82) is 0 Å². The highest BCUT2D eigenvalue weighted by Gasteiger charge is 2.31. The molecule has 1 aromatic heterocycles. The Kier molecular flexibility index (Phi) is 4.54. The zero-order valence-corrected chi connectivity index (χ0v) is 11.7. The Balaban J connectivity index is 1.82. The lowest BCUT2D eigenvalue weighted by Crippen LogP contribution is -2.48. The summed E-state index contributed by atoms with van der Waals surface area (Å²) in [5, 5.41) is 7.30. The van der Waals surface area contributed by atoms with Crippen LogP contribution in [-0.4, -0.2) is 23.6 Å². The number of hydrogen-bond acceptors (Lipinski definition) is 4. The molecule has 0 radical (unpaired) electrons. The standard InChI is InChI=1S/C13H23N3S/c1-3-5-13(6-4-7-16-13)9-14-8-12-11(2)15-10-17-12/h10,14,16H,3-9H2,1-2H3. The molecule has 3 nitrogen and oxygen atoms in total. The summed E-state index contributed by atoms with van der Waals surface area (Å²) in [5.41, 5.74) is 3.46. The highest BCUT2D eigenvalue weighted by molar-refractivity contribution is 7.09. The van der Waals surface area contributed by atoms with Crippen molar-refractivity contribution in [3.05, 3.63) is 16.1 Å². The van der Waals surface area contributed by atoms with Crippen LogP contribution in [0.3, 0.4) is 0 Å². The summed E-state index contributed by atoms with van der Waals surface area (Å²) in [5.74, 6) is 0. The van der Waals surface area contributed by atoms with Crippen molar-refractivity contribution < 1.29 is 0 Å². The molecule has 1 aliphatic heterocycles. The van der Waals surface area contributed by atoms with E-state index in [1.165, 1.54) is 42.8 Å². The summed E-state index contributed by atoms with van der Waals surface area (Å²) in [7, 11) is 0. The van der Waals surface area contributed by atoms with Crippen LogP contribution in [0.2, 0.25) is 0 Å². The fraction of sp³-hybridized carbons (Fsp3) is 0.769. The number of thiazole rings is 1. The van der Waals surface area contributed by atoms with Gasteiger partial charge in [-0.2, -0.15) is 0 Å². The molecule has 1 unspecified atom stereocenters. The van der Waals surface area contributed by atoms with E-state index in [0.717, 1.165) is 13.1 Å². The third-order valence-corrected chi connectivity index (χ3v) is 4.59. The van der Waals surface area contributed by atoms with E-state index in [1.807, 2.05) is 5.51 Å². The van der Waals surface area contributed by atoms with Crippen molar-refractivity contribution in [3.8, 4) is 0 Å². The topological polar surface area (TPSA) is 37.0 Å². The quantitative estimate of drug-likeness (QED) is 0.818. The molecule has 1 aliphatic rings. The minimum atomic E-state index is 0.355. The summed E-state index contributed by atoms with van der Waals surface area (Å²) in [4.78, 5) is 5.65. The molecular weight excluding hydrogens is 230 g/mol. The van der Waals surface area contributed by atoms with Gasteiger partial charge in [-0.3, -0.25) is 0 Å². The smallest absolute Gasteiger partial charge is 0.0798 e. The number of aromatic nitrogens is 1. The molecule has 0 aliphatic carbocycles. The molecule has 1 fully saturated rings. The van der Waals surface area contributed by atoms with E-state index in [4.69, 9.17) is 0 Å². The average molecular weight is 253 g/mol. The van der Waals surface area contributed by atoms with Crippen LogP contribution >= 0.6 is 11.3 Å². The van der Waals surface area contributed by atoms with Crippen LogP contribution in [0.4, 0.5) is 0 Å². The van der Waals surface area contributed by atoms with Gasteiger partial charge in [0.1, 0.15) is 0 Å². The molecule has 96 valence electrons. The summed E-state index contributed by atoms with van der Waals surface area (Å²) in [6.45, 7) is 7.58. The third kappa shape index (κ3) is 3.27. The molecule has 0 aromatic carbocycles. The molecule has 0 bridgehead atoms. The predicted molar refractivity (Wildman–Crippen MR) is 73.4 cm³/mol. The van der Waals surface area contributed by atoms with Gasteiger partial charge in [-0.25, -0.2) is 4.98 Å². The van der Waals surface area contributed by atoms with Gasteiger partial charge in [0.05, 0.1) is 11.2 Å². The molecule has 1 aromatic rings. The molecular formula is C13H23N3S. The molecule has 2 rings (SSSR count). The van der Waals surface area contributed by atoms with Crippen LogP contribution in [0.25, 0.3) is 0 Å². The SMILES string of the molecule is CCCC1(CNCc2scnc2C)CCCN1. The Morgan fingerprint density at radius 2 is 2.47 bits per heavy atom. The molecule has 4 heteroatoms. The van der Waals surface area contributed by atoms with E-state index in [1.54, 1.807) is 11.3 Å². The van der Waals surface area contributed by atoms with Crippen molar-refractivity contribution in [2.75, 3.05) is 13.1 Å². The third-order valence-electron chi connectivity index (χ3n) is 3.65. The van der Waals surface area contributed by atoms with E-state index < -0.39 is 0 Å². The molecule has 1 saturated heterocycles. The van der Waals surface area contributed by atoms with Crippen molar-refractivity contribution in [2.45, 2.75) is 51.6 Å². The van der Waals surface area contributed by atoms with Crippen LogP contribution in [0.15, 0.2) is 5.51 Å². The highest BCUT2D eigenvalue weighted by Crippen LogP contribution is 2.24. The zero-order valence-electron chi connectivity index (χ0n) is 10.9. The molecule has 2 N–H and O–H groups in total. The van der Waals surface area contributed by atoms with Gasteiger partial charge in [0, 0.05) is 23.5 Å². The lowest BCUT2D eigenvalue weighted by atomic mass is 9.92. The lowest BCUT2D eigenvalue weighted by molar-refractivity contribution is 0.325. The maximum Gasteiger partial charge on any atom is 0.0798 e. The summed E-state index contributed by atoms with van der Waals surface area (Å²) in [6.07, 6.45) is 5.17. The molecule has 1 atom stereocenters. The maximum absolute atomic E-state index is 4.28. The van der Waals surface area contributed by atoms with Gasteiger partial charge in [-0.15, -0.1) is 11.3 Å². The first-order valence-corrected chi connectivity index (χ1v) is 7.48. The van der Waals surface area contributed by atoms with Gasteiger partial charge in [0.15, 0.2) is 0 Å². The van der Waals surface area contributed by atoms with Crippen molar-refractivity contribution in [1.82, 2.24) is 15.6 Å². The van der Waals surface area contributed by atoms with Crippen molar-refractivity contribution in [2.24, 2.45) is 0 Å². The van der Waals surface area contributed by atoms with Crippen molar-refractivity contribution in [3.63, 3.8) is 0 Å². The first-order chi connectivity index (χ1) is 8.26. The number of hydrogen-bond donors (Lipinski definition) is 2. The number of nitrogens with zero attached hydrogens (tertiary/aromatic N) is 1. The second-order valence-corrected chi connectivity index (χ2v) is 5.96.